The van der Waals surface area contributed by atoms with Gasteiger partial charge >= 0.3 is 0 Å². The molecule has 96 valence electrons. The van der Waals surface area contributed by atoms with Crippen LogP contribution in [0.3, 0.4) is 0 Å². The van der Waals surface area contributed by atoms with Crippen molar-refractivity contribution in [2.45, 2.75) is 0 Å². The topological polar surface area (TPSA) is 34.4 Å². The Morgan fingerprint density at radius 1 is 1.00 bits per heavy atom. The first-order valence-electron chi connectivity index (χ1n) is 6.28. The van der Waals surface area contributed by atoms with E-state index in [0.29, 0.717) is 5.69 Å². The maximum absolute atomic E-state index is 12.6. The van der Waals surface area contributed by atoms with E-state index in [2.05, 4.69) is 4.98 Å². The van der Waals surface area contributed by atoms with Crippen LogP contribution in [0.25, 0.3) is 16.6 Å². The molecule has 0 unspecified atom stereocenters. The molecule has 3 heterocycles. The van der Waals surface area contributed by atoms with E-state index in [0.717, 1.165) is 21.4 Å². The Bertz CT molecular complexity index is 922. The van der Waals surface area contributed by atoms with Crippen molar-refractivity contribution in [2.75, 3.05) is 0 Å². The summed E-state index contributed by atoms with van der Waals surface area (Å²) in [6.07, 6.45) is 1.96. The molecule has 0 aliphatic heterocycles. The number of hydrogen-bond donors (Lipinski definition) is 0. The van der Waals surface area contributed by atoms with Gasteiger partial charge in [-0.05, 0) is 35.7 Å². The third-order valence-electron chi connectivity index (χ3n) is 3.32. The summed E-state index contributed by atoms with van der Waals surface area (Å²) < 4.78 is 2.02. The lowest BCUT2D eigenvalue weighted by atomic mass is 10.2. The molecule has 0 atom stereocenters. The van der Waals surface area contributed by atoms with E-state index in [4.69, 9.17) is 0 Å². The summed E-state index contributed by atoms with van der Waals surface area (Å²) >= 11 is 1.44. The molecule has 1 aromatic carbocycles. The quantitative estimate of drug-likeness (QED) is 0.523. The average molecular weight is 278 g/mol. The van der Waals surface area contributed by atoms with Crippen molar-refractivity contribution in [1.82, 2.24) is 9.38 Å². The number of carbonyl (C=O) groups is 1. The summed E-state index contributed by atoms with van der Waals surface area (Å²) in [5.74, 6) is -0.0190. The Labute approximate surface area is 119 Å². The van der Waals surface area contributed by atoms with Crippen LogP contribution in [0.15, 0.2) is 60.1 Å². The zero-order chi connectivity index (χ0) is 13.5. The van der Waals surface area contributed by atoms with Gasteiger partial charge in [0, 0.05) is 6.20 Å². The minimum Gasteiger partial charge on any atom is -0.313 e. The Kier molecular flexibility index (Phi) is 2.44. The highest BCUT2D eigenvalue weighted by Gasteiger charge is 2.17. The lowest BCUT2D eigenvalue weighted by Gasteiger charge is -2.06. The van der Waals surface area contributed by atoms with Crippen LogP contribution >= 0.6 is 11.3 Å². The van der Waals surface area contributed by atoms with Gasteiger partial charge in [-0.2, -0.15) is 0 Å². The number of aromatic nitrogens is 2. The first kappa shape index (κ1) is 11.4. The number of benzene rings is 1. The Balaban J connectivity index is 2.07. The van der Waals surface area contributed by atoms with Crippen LogP contribution in [-0.4, -0.2) is 15.2 Å². The number of para-hydroxylation sites is 2. The number of ketones is 1. The van der Waals surface area contributed by atoms with Crippen LogP contribution in [0.5, 0.6) is 0 Å². The highest BCUT2D eigenvalue weighted by Crippen LogP contribution is 2.22. The van der Waals surface area contributed by atoms with Crippen LogP contribution in [0.2, 0.25) is 0 Å². The lowest BCUT2D eigenvalue weighted by Crippen LogP contribution is -2.06. The van der Waals surface area contributed by atoms with Gasteiger partial charge in [-0.3, -0.25) is 4.79 Å². The van der Waals surface area contributed by atoms with E-state index >= 15 is 0 Å². The first-order chi connectivity index (χ1) is 9.84. The SMILES string of the molecule is O=C(c1cccs1)c1nc2ccccc2n2cccc12. The highest BCUT2D eigenvalue weighted by atomic mass is 32.1. The molecular formula is C16H10N2OS. The fourth-order valence-electron chi connectivity index (χ4n) is 2.42. The van der Waals surface area contributed by atoms with Gasteiger partial charge in [-0.15, -0.1) is 11.3 Å². The zero-order valence-electron chi connectivity index (χ0n) is 10.5. The summed E-state index contributed by atoms with van der Waals surface area (Å²) in [7, 11) is 0. The normalized spacial score (nSPS) is 11.2. The van der Waals surface area contributed by atoms with Crippen LogP contribution in [0, 0.1) is 0 Å². The van der Waals surface area contributed by atoms with Crippen molar-refractivity contribution in [3.63, 3.8) is 0 Å². The van der Waals surface area contributed by atoms with E-state index in [1.165, 1.54) is 11.3 Å². The van der Waals surface area contributed by atoms with E-state index in [9.17, 15) is 4.79 Å². The summed E-state index contributed by atoms with van der Waals surface area (Å²) in [6.45, 7) is 0. The lowest BCUT2D eigenvalue weighted by molar-refractivity contribution is 0.103. The highest BCUT2D eigenvalue weighted by molar-refractivity contribution is 7.12. The van der Waals surface area contributed by atoms with E-state index in [1.807, 2.05) is 64.5 Å². The molecule has 0 aliphatic carbocycles. The number of hydrogen-bond acceptors (Lipinski definition) is 3. The van der Waals surface area contributed by atoms with Gasteiger partial charge in [0.15, 0.2) is 0 Å². The molecule has 0 saturated carbocycles. The second-order valence-electron chi connectivity index (χ2n) is 4.52. The van der Waals surface area contributed by atoms with Gasteiger partial charge in [0.2, 0.25) is 5.78 Å². The zero-order valence-corrected chi connectivity index (χ0v) is 11.3. The molecule has 3 nitrogen and oxygen atoms in total. The molecule has 20 heavy (non-hydrogen) atoms. The number of carbonyl (C=O) groups excluding carboxylic acids is 1. The largest absolute Gasteiger partial charge is 0.313 e. The van der Waals surface area contributed by atoms with E-state index in [1.54, 1.807) is 0 Å². The molecule has 0 radical (unpaired) electrons. The van der Waals surface area contributed by atoms with Gasteiger partial charge in [-0.25, -0.2) is 4.98 Å². The fraction of sp³-hybridized carbons (Fsp3) is 0. The molecule has 0 saturated heterocycles. The molecule has 4 heteroatoms. The van der Waals surface area contributed by atoms with Crippen molar-refractivity contribution < 1.29 is 4.79 Å². The molecule has 0 N–H and O–H groups in total. The third-order valence-corrected chi connectivity index (χ3v) is 4.19. The van der Waals surface area contributed by atoms with Crippen molar-refractivity contribution >= 4 is 33.7 Å². The molecule has 0 bridgehead atoms. The molecule has 0 fully saturated rings. The van der Waals surface area contributed by atoms with E-state index < -0.39 is 0 Å². The number of nitrogens with zero attached hydrogens (tertiary/aromatic N) is 2. The second-order valence-corrected chi connectivity index (χ2v) is 5.47. The van der Waals surface area contributed by atoms with Gasteiger partial charge in [0.25, 0.3) is 0 Å². The van der Waals surface area contributed by atoms with Gasteiger partial charge in [-0.1, -0.05) is 18.2 Å². The van der Waals surface area contributed by atoms with Crippen molar-refractivity contribution in [2.24, 2.45) is 0 Å². The molecule has 0 spiro atoms. The molecule has 3 aromatic heterocycles. The minimum atomic E-state index is -0.0190. The van der Waals surface area contributed by atoms with E-state index in [-0.39, 0.29) is 5.78 Å². The van der Waals surface area contributed by atoms with Crippen LogP contribution < -0.4 is 0 Å². The second kappa shape index (κ2) is 4.28. The molecule has 4 rings (SSSR count). The van der Waals surface area contributed by atoms with Crippen molar-refractivity contribution in [1.29, 1.82) is 0 Å². The van der Waals surface area contributed by atoms with Crippen molar-refractivity contribution in [3.8, 4) is 0 Å². The Hall–Kier alpha value is -2.46. The average Bonchev–Trinajstić information content (AvgIpc) is 3.16. The maximum Gasteiger partial charge on any atom is 0.223 e. The van der Waals surface area contributed by atoms with Crippen LogP contribution in [0.1, 0.15) is 15.4 Å². The minimum absolute atomic E-state index is 0.0190. The maximum atomic E-state index is 12.6. The number of rotatable bonds is 2. The summed E-state index contributed by atoms with van der Waals surface area (Å²) in [5.41, 5.74) is 3.20. The fourth-order valence-corrected chi connectivity index (χ4v) is 3.08. The van der Waals surface area contributed by atoms with Crippen LogP contribution in [0.4, 0.5) is 0 Å². The molecule has 0 aliphatic rings. The molecular weight excluding hydrogens is 268 g/mol. The summed E-state index contributed by atoms with van der Waals surface area (Å²) in [4.78, 5) is 17.9. The Morgan fingerprint density at radius 2 is 1.85 bits per heavy atom. The van der Waals surface area contributed by atoms with Crippen molar-refractivity contribution in [3.05, 3.63) is 70.7 Å². The summed E-state index contributed by atoms with van der Waals surface area (Å²) in [5, 5.41) is 1.91. The molecule has 0 amide bonds. The number of fused-ring (bicyclic) bond motifs is 3. The predicted molar refractivity (Wildman–Crippen MR) is 80.4 cm³/mol. The van der Waals surface area contributed by atoms with Gasteiger partial charge in [0.05, 0.1) is 21.4 Å². The number of thiophene rings is 1. The summed E-state index contributed by atoms with van der Waals surface area (Å²) in [6, 6.07) is 15.4. The monoisotopic (exact) mass is 278 g/mol. The Morgan fingerprint density at radius 3 is 2.70 bits per heavy atom. The predicted octanol–water partition coefficient (Wildman–Crippen LogP) is 3.78. The van der Waals surface area contributed by atoms with Gasteiger partial charge < -0.3 is 4.40 Å². The molecule has 4 aromatic rings. The van der Waals surface area contributed by atoms with Crippen LogP contribution in [-0.2, 0) is 0 Å². The van der Waals surface area contributed by atoms with Gasteiger partial charge in [0.1, 0.15) is 5.69 Å². The first-order valence-corrected chi connectivity index (χ1v) is 7.16. The standard InChI is InChI=1S/C16H10N2OS/c19-16(14-8-4-10-20-14)15-13-7-3-9-18(13)12-6-2-1-5-11(12)17-15/h1-10H. The smallest absolute Gasteiger partial charge is 0.223 e. The third kappa shape index (κ3) is 1.58.